The molecule has 0 aliphatic carbocycles. The molecule has 0 rings (SSSR count). The maximum Gasteiger partial charge on any atom is 0.268 e. The van der Waals surface area contributed by atoms with E-state index in [2.05, 4.69) is 30.5 Å². The van der Waals surface area contributed by atoms with Crippen molar-refractivity contribution in [2.75, 3.05) is 40.9 Å². The van der Waals surface area contributed by atoms with E-state index in [9.17, 15) is 19.4 Å². The number of hydrogen-bond acceptors (Lipinski definition) is 6. The average Bonchev–Trinajstić information content (AvgIpc) is 3.32. The Morgan fingerprint density at radius 2 is 0.829 bits per heavy atom. The van der Waals surface area contributed by atoms with E-state index in [4.69, 9.17) is 9.05 Å². The zero-order valence-corrected chi connectivity index (χ0v) is 48.1. The summed E-state index contributed by atoms with van der Waals surface area (Å²) in [5, 5.41) is 13.7. The fourth-order valence-corrected chi connectivity index (χ4v) is 9.92. The lowest BCUT2D eigenvalue weighted by Gasteiger charge is -2.29. The molecule has 0 aromatic heterocycles. The first-order valence-corrected chi connectivity index (χ1v) is 31.8. The first kappa shape index (κ1) is 68.7. The standard InChI is InChI=1S/C61H119N2O6P/c1-6-8-10-12-14-16-17-18-19-20-21-22-23-24-25-26-27-28-29-30-31-32-33-34-35-36-37-38-39-40-41-42-43-44-45-47-49-51-53-55-61(65)62-59(58-69-70(66,67)68-57-56-63(3,4)5)60(64)54-52-50-48-46-15-13-11-9-7-2/h7,9,15,46,52,54,59-60,64H,6,8,10-14,16-45,47-51,53,55-58H2,1-5H3,(H-,62,65,66,67)/b9-7+,46-15+,54-52+. The lowest BCUT2D eigenvalue weighted by Crippen LogP contribution is -2.45. The van der Waals surface area contributed by atoms with Crippen molar-refractivity contribution in [2.45, 2.75) is 309 Å². The molecule has 0 saturated carbocycles. The number of allylic oxidation sites excluding steroid dienone is 5. The Balaban J connectivity index is 3.76. The first-order valence-electron chi connectivity index (χ1n) is 30.3. The number of hydrogen-bond donors (Lipinski definition) is 2. The van der Waals surface area contributed by atoms with Crippen molar-refractivity contribution in [3.8, 4) is 0 Å². The number of rotatable bonds is 56. The third-order valence-electron chi connectivity index (χ3n) is 13.9. The molecule has 0 fully saturated rings. The Hall–Kier alpha value is -1.28. The molecule has 70 heavy (non-hydrogen) atoms. The molecule has 0 radical (unpaired) electrons. The SMILES string of the molecule is C/C=C/CC/C=C/CC/C=C/C(O)C(COP(=O)([O-])OCC[N+](C)(C)C)NC(=O)CCCCCCCCCCCCCCCCCCCCCCCCCCCCCCCCCCCCCCCCC. The summed E-state index contributed by atoms with van der Waals surface area (Å²) in [6.45, 7) is 4.41. The van der Waals surface area contributed by atoms with Crippen molar-refractivity contribution < 1.29 is 32.9 Å². The van der Waals surface area contributed by atoms with Crippen molar-refractivity contribution in [2.24, 2.45) is 0 Å². The number of aliphatic hydroxyl groups is 1. The van der Waals surface area contributed by atoms with Gasteiger partial charge in [-0.3, -0.25) is 9.36 Å². The third kappa shape index (κ3) is 54.5. The highest BCUT2D eigenvalue weighted by Gasteiger charge is 2.23. The minimum Gasteiger partial charge on any atom is -0.756 e. The van der Waals surface area contributed by atoms with Gasteiger partial charge in [-0.05, 0) is 39.0 Å². The molecule has 0 aliphatic rings. The maximum atomic E-state index is 12.9. The Morgan fingerprint density at radius 3 is 1.16 bits per heavy atom. The zero-order valence-electron chi connectivity index (χ0n) is 47.2. The van der Waals surface area contributed by atoms with Gasteiger partial charge in [0.05, 0.1) is 39.9 Å². The van der Waals surface area contributed by atoms with E-state index in [1.165, 1.54) is 231 Å². The predicted molar refractivity (Wildman–Crippen MR) is 302 cm³/mol. The highest BCUT2D eigenvalue weighted by Crippen LogP contribution is 2.38. The second kappa shape index (κ2) is 52.6. The molecule has 0 aromatic rings. The Labute approximate surface area is 436 Å². The number of nitrogens with zero attached hydrogens (tertiary/aromatic N) is 1. The molecule has 3 unspecified atom stereocenters. The van der Waals surface area contributed by atoms with Crippen LogP contribution in [0.4, 0.5) is 0 Å². The van der Waals surface area contributed by atoms with Crippen LogP contribution in [0.15, 0.2) is 36.5 Å². The number of carbonyl (C=O) groups is 1. The van der Waals surface area contributed by atoms with Gasteiger partial charge in [-0.1, -0.05) is 287 Å². The van der Waals surface area contributed by atoms with Crippen LogP contribution >= 0.6 is 7.82 Å². The lowest BCUT2D eigenvalue weighted by molar-refractivity contribution is -0.870. The number of phosphoric acid groups is 1. The molecule has 1 amide bonds. The summed E-state index contributed by atoms with van der Waals surface area (Å²) >= 11 is 0. The number of amides is 1. The van der Waals surface area contributed by atoms with Crippen molar-refractivity contribution in [3.63, 3.8) is 0 Å². The van der Waals surface area contributed by atoms with Crippen LogP contribution in [0.3, 0.4) is 0 Å². The predicted octanol–water partition coefficient (Wildman–Crippen LogP) is 17.9. The molecule has 0 aromatic carbocycles. The molecule has 9 heteroatoms. The Bertz CT molecular complexity index is 1230. The topological polar surface area (TPSA) is 108 Å². The second-order valence-corrected chi connectivity index (χ2v) is 23.5. The first-order chi connectivity index (χ1) is 34.0. The summed E-state index contributed by atoms with van der Waals surface area (Å²) < 4.78 is 23.2. The highest BCUT2D eigenvalue weighted by atomic mass is 31.2. The monoisotopic (exact) mass is 1010 g/mol. The van der Waals surface area contributed by atoms with Gasteiger partial charge < -0.3 is 28.8 Å². The molecule has 0 bridgehead atoms. The molecule has 414 valence electrons. The van der Waals surface area contributed by atoms with Crippen LogP contribution in [-0.4, -0.2) is 68.5 Å². The minimum atomic E-state index is -4.60. The van der Waals surface area contributed by atoms with Gasteiger partial charge in [0, 0.05) is 6.42 Å². The fourth-order valence-electron chi connectivity index (χ4n) is 9.20. The van der Waals surface area contributed by atoms with Gasteiger partial charge >= 0.3 is 0 Å². The Kier molecular flexibility index (Phi) is 51.6. The average molecular weight is 1010 g/mol. The van der Waals surface area contributed by atoms with E-state index in [-0.39, 0.29) is 12.5 Å². The van der Waals surface area contributed by atoms with E-state index in [0.717, 1.165) is 44.9 Å². The summed E-state index contributed by atoms with van der Waals surface area (Å²) in [5.74, 6) is -0.210. The number of aliphatic hydroxyl groups excluding tert-OH is 1. The number of nitrogens with one attached hydrogen (secondary N) is 1. The fraction of sp³-hybridized carbons (Fsp3) is 0.885. The number of phosphoric ester groups is 1. The Morgan fingerprint density at radius 1 is 0.514 bits per heavy atom. The van der Waals surface area contributed by atoms with E-state index < -0.39 is 26.6 Å². The van der Waals surface area contributed by atoms with Gasteiger partial charge in [0.1, 0.15) is 13.2 Å². The van der Waals surface area contributed by atoms with Crippen LogP contribution in [-0.2, 0) is 18.4 Å². The number of unbranched alkanes of at least 4 members (excludes halogenated alkanes) is 40. The van der Waals surface area contributed by atoms with E-state index in [1.54, 1.807) is 6.08 Å². The zero-order chi connectivity index (χ0) is 51.3. The molecule has 0 spiro atoms. The van der Waals surface area contributed by atoms with Crippen LogP contribution < -0.4 is 10.2 Å². The molecule has 0 saturated heterocycles. The summed E-state index contributed by atoms with van der Waals surface area (Å²) in [5.41, 5.74) is 0. The number of likely N-dealkylation sites (N-methyl/N-ethyl adjacent to an activating group) is 1. The molecule has 8 nitrogen and oxygen atoms in total. The molecular weight excluding hydrogens is 888 g/mol. The quantitative estimate of drug-likeness (QED) is 0.0272. The van der Waals surface area contributed by atoms with Crippen molar-refractivity contribution >= 4 is 13.7 Å². The van der Waals surface area contributed by atoms with E-state index >= 15 is 0 Å². The van der Waals surface area contributed by atoms with Crippen LogP contribution in [0, 0.1) is 0 Å². The second-order valence-electron chi connectivity index (χ2n) is 22.1. The highest BCUT2D eigenvalue weighted by molar-refractivity contribution is 7.45. The van der Waals surface area contributed by atoms with E-state index in [0.29, 0.717) is 17.4 Å². The molecule has 3 atom stereocenters. The van der Waals surface area contributed by atoms with Crippen LogP contribution in [0.5, 0.6) is 0 Å². The summed E-state index contributed by atoms with van der Waals surface area (Å²) in [6, 6.07) is -0.905. The van der Waals surface area contributed by atoms with Crippen LogP contribution in [0.1, 0.15) is 296 Å². The maximum absolute atomic E-state index is 12.9. The van der Waals surface area contributed by atoms with Gasteiger partial charge in [-0.15, -0.1) is 0 Å². The van der Waals surface area contributed by atoms with Gasteiger partial charge in [0.2, 0.25) is 5.91 Å². The molecule has 2 N–H and O–H groups in total. The lowest BCUT2D eigenvalue weighted by atomic mass is 10.0. The largest absolute Gasteiger partial charge is 0.756 e. The van der Waals surface area contributed by atoms with Crippen molar-refractivity contribution in [3.05, 3.63) is 36.5 Å². The van der Waals surface area contributed by atoms with Crippen LogP contribution in [0.2, 0.25) is 0 Å². The van der Waals surface area contributed by atoms with E-state index in [1.807, 2.05) is 40.2 Å². The normalized spacial score (nSPS) is 14.1. The third-order valence-corrected chi connectivity index (χ3v) is 14.9. The summed E-state index contributed by atoms with van der Waals surface area (Å²) in [7, 11) is 1.24. The molecule has 0 aliphatic heterocycles. The van der Waals surface area contributed by atoms with Crippen molar-refractivity contribution in [1.82, 2.24) is 5.32 Å². The summed E-state index contributed by atoms with van der Waals surface area (Å²) in [6.07, 6.45) is 68.9. The molecular formula is C61H119N2O6P. The summed E-state index contributed by atoms with van der Waals surface area (Å²) in [4.78, 5) is 25.3. The smallest absolute Gasteiger partial charge is 0.268 e. The van der Waals surface area contributed by atoms with Gasteiger partial charge in [0.25, 0.3) is 7.82 Å². The number of carbonyl (C=O) groups excluding carboxylic acids is 1. The van der Waals surface area contributed by atoms with Gasteiger partial charge in [-0.2, -0.15) is 0 Å². The van der Waals surface area contributed by atoms with Gasteiger partial charge in [0.15, 0.2) is 0 Å². The number of quaternary nitrogens is 1. The van der Waals surface area contributed by atoms with Crippen LogP contribution in [0.25, 0.3) is 0 Å². The van der Waals surface area contributed by atoms with Gasteiger partial charge in [-0.25, -0.2) is 0 Å². The van der Waals surface area contributed by atoms with Crippen molar-refractivity contribution in [1.29, 1.82) is 0 Å². The molecule has 0 heterocycles. The minimum absolute atomic E-state index is 0.00814.